The highest BCUT2D eigenvalue weighted by Crippen LogP contribution is 2.19. The Kier molecular flexibility index (Phi) is 8.88. The molecule has 0 aliphatic rings. The van der Waals surface area contributed by atoms with Crippen molar-refractivity contribution in [2.24, 2.45) is 0 Å². The first kappa shape index (κ1) is 22.9. The highest BCUT2D eigenvalue weighted by molar-refractivity contribution is 5.95. The number of halogens is 1. The highest BCUT2D eigenvalue weighted by atomic mass is 19.1. The normalized spacial score (nSPS) is 10.5. The van der Waals surface area contributed by atoms with Crippen molar-refractivity contribution in [3.05, 3.63) is 30.1 Å². The van der Waals surface area contributed by atoms with Gasteiger partial charge in [0.1, 0.15) is 11.4 Å². The van der Waals surface area contributed by atoms with Crippen molar-refractivity contribution in [1.29, 1.82) is 5.26 Å². The summed E-state index contributed by atoms with van der Waals surface area (Å²) < 4.78 is 23.9. The number of rotatable bonds is 8. The van der Waals surface area contributed by atoms with Gasteiger partial charge in [-0.25, -0.2) is 9.18 Å². The van der Waals surface area contributed by atoms with Crippen molar-refractivity contribution in [2.45, 2.75) is 39.2 Å². The van der Waals surface area contributed by atoms with Crippen molar-refractivity contribution < 1.29 is 28.2 Å². The molecule has 0 heterocycles. The molecule has 8 nitrogen and oxygen atoms in total. The van der Waals surface area contributed by atoms with Crippen LogP contribution in [0.15, 0.2) is 24.3 Å². The summed E-state index contributed by atoms with van der Waals surface area (Å²) in [4.78, 5) is 36.6. The second-order valence-corrected chi connectivity index (χ2v) is 6.74. The zero-order valence-corrected chi connectivity index (χ0v) is 16.2. The first-order valence-electron chi connectivity index (χ1n) is 8.68. The molecule has 0 aliphatic heterocycles. The van der Waals surface area contributed by atoms with Gasteiger partial charge >= 0.3 is 12.1 Å². The fourth-order valence-corrected chi connectivity index (χ4v) is 2.09. The van der Waals surface area contributed by atoms with Crippen LogP contribution in [0.1, 0.15) is 33.6 Å². The Labute approximate surface area is 163 Å². The van der Waals surface area contributed by atoms with Gasteiger partial charge in [-0.1, -0.05) is 12.1 Å². The first-order chi connectivity index (χ1) is 13.1. The number of ether oxygens (including phenoxy) is 2. The molecule has 152 valence electrons. The van der Waals surface area contributed by atoms with Crippen LogP contribution in [0.2, 0.25) is 0 Å². The Bertz CT molecular complexity index is 740. The smallest absolute Gasteiger partial charge is 0.407 e. The molecule has 9 heteroatoms. The van der Waals surface area contributed by atoms with Gasteiger partial charge in [0.25, 0.3) is 5.91 Å². The van der Waals surface area contributed by atoms with E-state index in [2.05, 4.69) is 5.32 Å². The molecule has 0 atom stereocenters. The van der Waals surface area contributed by atoms with Crippen molar-refractivity contribution in [1.82, 2.24) is 5.32 Å². The number of hydrogen-bond acceptors (Lipinski definition) is 6. The molecular formula is C19H24FN3O5. The summed E-state index contributed by atoms with van der Waals surface area (Å²) in [6.45, 7) is 4.46. The van der Waals surface area contributed by atoms with Crippen molar-refractivity contribution in [3.8, 4) is 6.07 Å². The predicted molar refractivity (Wildman–Crippen MR) is 98.8 cm³/mol. The average Bonchev–Trinajstić information content (AvgIpc) is 2.60. The number of anilines is 1. The van der Waals surface area contributed by atoms with Crippen molar-refractivity contribution >= 4 is 23.7 Å². The molecule has 1 aromatic rings. The largest absolute Gasteiger partial charge is 0.455 e. The van der Waals surface area contributed by atoms with Crippen molar-refractivity contribution in [2.75, 3.05) is 24.6 Å². The molecule has 0 saturated heterocycles. The second kappa shape index (κ2) is 10.9. The third-order valence-corrected chi connectivity index (χ3v) is 3.25. The Hall–Kier alpha value is -3.15. The number of nitrogens with one attached hydrogen (secondary N) is 1. The maximum atomic E-state index is 13.9. The molecule has 28 heavy (non-hydrogen) atoms. The molecule has 1 rings (SSSR count). The monoisotopic (exact) mass is 393 g/mol. The minimum atomic E-state index is -0.710. The first-order valence-corrected chi connectivity index (χ1v) is 8.68. The number of esters is 1. The zero-order chi connectivity index (χ0) is 21.2. The fraction of sp³-hybridized carbons (Fsp3) is 0.474. The summed E-state index contributed by atoms with van der Waals surface area (Å²) in [5.74, 6) is -1.99. The van der Waals surface area contributed by atoms with E-state index < -0.39 is 36.0 Å². The van der Waals surface area contributed by atoms with Crippen LogP contribution in [0, 0.1) is 17.1 Å². The number of para-hydroxylation sites is 1. The molecule has 2 amide bonds. The fourth-order valence-electron chi connectivity index (χ4n) is 2.09. The highest BCUT2D eigenvalue weighted by Gasteiger charge is 2.20. The lowest BCUT2D eigenvalue weighted by atomic mass is 10.2. The molecule has 0 fully saturated rings. The van der Waals surface area contributed by atoms with E-state index in [-0.39, 0.29) is 31.6 Å². The van der Waals surface area contributed by atoms with E-state index in [1.165, 1.54) is 18.2 Å². The summed E-state index contributed by atoms with van der Waals surface area (Å²) in [6, 6.07) is 7.51. The molecule has 0 spiro atoms. The lowest BCUT2D eigenvalue weighted by Crippen LogP contribution is -2.36. The van der Waals surface area contributed by atoms with Gasteiger partial charge < -0.3 is 19.7 Å². The van der Waals surface area contributed by atoms with Crippen LogP contribution in [0.3, 0.4) is 0 Å². The quantitative estimate of drug-likeness (QED) is 0.680. The van der Waals surface area contributed by atoms with E-state index in [1.54, 1.807) is 26.8 Å². The standard InChI is InChI=1S/C19H24FN3O5/c1-19(2,3)28-18(26)22-11-9-17(25)27-13-16(24)23(12-6-10-21)15-8-5-4-7-14(15)20/h4-5,7-8H,6,9,11-13H2,1-3H3,(H,22,26). The van der Waals surface area contributed by atoms with Crippen LogP contribution in [0.5, 0.6) is 0 Å². The number of carbonyl (C=O) groups excluding carboxylic acids is 3. The number of amides is 2. The molecule has 0 unspecified atom stereocenters. The number of carbonyl (C=O) groups is 3. The van der Waals surface area contributed by atoms with Crippen LogP contribution in [0.4, 0.5) is 14.9 Å². The minimum Gasteiger partial charge on any atom is -0.455 e. The third-order valence-electron chi connectivity index (χ3n) is 3.25. The zero-order valence-electron chi connectivity index (χ0n) is 16.2. The van der Waals surface area contributed by atoms with Gasteiger partial charge in [-0.05, 0) is 32.9 Å². The minimum absolute atomic E-state index is 0.00499. The summed E-state index contributed by atoms with van der Waals surface area (Å²) in [5, 5.41) is 11.1. The lowest BCUT2D eigenvalue weighted by Gasteiger charge is -2.22. The number of nitriles is 1. The maximum absolute atomic E-state index is 13.9. The number of benzene rings is 1. The Morgan fingerprint density at radius 1 is 1.25 bits per heavy atom. The van der Waals surface area contributed by atoms with Crippen molar-refractivity contribution in [3.63, 3.8) is 0 Å². The van der Waals surface area contributed by atoms with Crippen LogP contribution >= 0.6 is 0 Å². The van der Waals surface area contributed by atoms with Gasteiger partial charge in [0, 0.05) is 13.1 Å². The Morgan fingerprint density at radius 2 is 1.93 bits per heavy atom. The lowest BCUT2D eigenvalue weighted by molar-refractivity contribution is -0.147. The molecule has 0 radical (unpaired) electrons. The second-order valence-electron chi connectivity index (χ2n) is 6.74. The Morgan fingerprint density at radius 3 is 2.54 bits per heavy atom. The molecule has 0 bridgehead atoms. The van der Waals surface area contributed by atoms with E-state index in [0.717, 1.165) is 4.90 Å². The van der Waals surface area contributed by atoms with Gasteiger partial charge in [-0.15, -0.1) is 0 Å². The maximum Gasteiger partial charge on any atom is 0.407 e. The third kappa shape index (κ3) is 8.49. The van der Waals surface area contributed by atoms with Gasteiger partial charge in [0.05, 0.1) is 24.6 Å². The van der Waals surface area contributed by atoms with E-state index in [4.69, 9.17) is 14.7 Å². The summed E-state index contributed by atoms with van der Waals surface area (Å²) >= 11 is 0. The van der Waals surface area contributed by atoms with Crippen LogP contribution < -0.4 is 10.2 Å². The van der Waals surface area contributed by atoms with Crippen LogP contribution in [-0.2, 0) is 19.1 Å². The van der Waals surface area contributed by atoms with E-state index in [9.17, 15) is 18.8 Å². The van der Waals surface area contributed by atoms with Gasteiger partial charge in [0.15, 0.2) is 6.61 Å². The SMILES string of the molecule is CC(C)(C)OC(=O)NCCC(=O)OCC(=O)N(CCC#N)c1ccccc1F. The van der Waals surface area contributed by atoms with Crippen LogP contribution in [-0.4, -0.2) is 43.3 Å². The molecule has 1 N–H and O–H groups in total. The van der Waals surface area contributed by atoms with Gasteiger partial charge in [-0.3, -0.25) is 9.59 Å². The summed E-state index contributed by atoms with van der Waals surface area (Å²) in [6.07, 6.45) is -0.836. The number of nitrogens with zero attached hydrogens (tertiary/aromatic N) is 2. The van der Waals surface area contributed by atoms with E-state index in [0.29, 0.717) is 0 Å². The molecule has 0 aromatic heterocycles. The average molecular weight is 393 g/mol. The molecule has 1 aromatic carbocycles. The number of alkyl carbamates (subject to hydrolysis) is 1. The van der Waals surface area contributed by atoms with Crippen LogP contribution in [0.25, 0.3) is 0 Å². The molecular weight excluding hydrogens is 369 g/mol. The predicted octanol–water partition coefficient (Wildman–Crippen LogP) is 2.53. The van der Waals surface area contributed by atoms with Gasteiger partial charge in [0.2, 0.25) is 0 Å². The summed E-state index contributed by atoms with van der Waals surface area (Å²) in [7, 11) is 0. The number of hydrogen-bond donors (Lipinski definition) is 1. The topological polar surface area (TPSA) is 109 Å². The summed E-state index contributed by atoms with van der Waals surface area (Å²) in [5.41, 5.74) is -0.651. The Balaban J connectivity index is 2.51. The van der Waals surface area contributed by atoms with E-state index in [1.807, 2.05) is 6.07 Å². The molecule has 0 saturated carbocycles. The van der Waals surface area contributed by atoms with Gasteiger partial charge in [-0.2, -0.15) is 5.26 Å². The van der Waals surface area contributed by atoms with E-state index >= 15 is 0 Å². The molecule has 0 aliphatic carbocycles.